The van der Waals surface area contributed by atoms with E-state index in [-0.39, 0.29) is 11.5 Å². The average Bonchev–Trinajstić information content (AvgIpc) is 2.54. The Hall–Kier alpha value is -2.27. The molecule has 0 amide bonds. The van der Waals surface area contributed by atoms with E-state index in [1.54, 1.807) is 61.5 Å². The van der Waals surface area contributed by atoms with Crippen LogP contribution in [0.25, 0.3) is 0 Å². The molecular weight excluding hydrogens is 286 g/mol. The van der Waals surface area contributed by atoms with Gasteiger partial charge in [0.15, 0.2) is 0 Å². The summed E-state index contributed by atoms with van der Waals surface area (Å²) in [5.74, 6) is 0.572. The van der Waals surface area contributed by atoms with Crippen LogP contribution in [0.3, 0.4) is 0 Å². The number of sulfonamides is 1. The molecule has 21 heavy (non-hydrogen) atoms. The van der Waals surface area contributed by atoms with Crippen molar-refractivity contribution < 1.29 is 13.2 Å². The van der Waals surface area contributed by atoms with Crippen molar-refractivity contribution in [3.05, 3.63) is 66.4 Å². The van der Waals surface area contributed by atoms with Crippen molar-refractivity contribution in [3.8, 4) is 5.75 Å². The maximum absolute atomic E-state index is 12.9. The molecule has 0 aliphatic carbocycles. The van der Waals surface area contributed by atoms with Crippen molar-refractivity contribution >= 4 is 15.7 Å². The van der Waals surface area contributed by atoms with Crippen LogP contribution in [0.1, 0.15) is 6.92 Å². The third kappa shape index (κ3) is 2.29. The number of anilines is 1. The van der Waals surface area contributed by atoms with Gasteiger partial charge < -0.3 is 4.74 Å². The molecule has 0 saturated heterocycles. The summed E-state index contributed by atoms with van der Waals surface area (Å²) in [6.45, 7) is 2.04. The Balaban J connectivity index is 2.20. The number of allylic oxidation sites excluding steroid dienone is 1. The molecule has 0 fully saturated rings. The van der Waals surface area contributed by atoms with Gasteiger partial charge in [0.1, 0.15) is 12.4 Å². The Morgan fingerprint density at radius 2 is 1.71 bits per heavy atom. The zero-order valence-electron chi connectivity index (χ0n) is 11.6. The van der Waals surface area contributed by atoms with Gasteiger partial charge in [-0.2, -0.15) is 0 Å². The molecule has 0 radical (unpaired) electrons. The maximum atomic E-state index is 12.9. The SMILES string of the molecule is C/C=C1/COc2ccccc2N1S(=O)(=O)c1ccccc1. The molecule has 1 aliphatic heterocycles. The normalized spacial score (nSPS) is 16.4. The van der Waals surface area contributed by atoms with Crippen LogP contribution in [0.5, 0.6) is 5.75 Å². The summed E-state index contributed by atoms with van der Waals surface area (Å²) < 4.78 is 32.9. The molecule has 0 unspecified atom stereocenters. The van der Waals surface area contributed by atoms with Crippen LogP contribution in [0.4, 0.5) is 5.69 Å². The first-order valence-electron chi connectivity index (χ1n) is 6.62. The first-order chi connectivity index (χ1) is 10.1. The fourth-order valence-electron chi connectivity index (χ4n) is 2.29. The number of benzene rings is 2. The molecule has 1 heterocycles. The molecule has 0 bridgehead atoms. The Kier molecular flexibility index (Phi) is 3.43. The van der Waals surface area contributed by atoms with Crippen LogP contribution in [0.2, 0.25) is 0 Å². The van der Waals surface area contributed by atoms with E-state index < -0.39 is 10.0 Å². The predicted molar refractivity (Wildman–Crippen MR) is 81.8 cm³/mol. The zero-order chi connectivity index (χ0) is 14.9. The van der Waals surface area contributed by atoms with E-state index in [1.165, 1.54) is 4.31 Å². The highest BCUT2D eigenvalue weighted by Crippen LogP contribution is 2.38. The molecular formula is C16H15NO3S. The summed E-state index contributed by atoms with van der Waals surface area (Å²) in [6.07, 6.45) is 1.76. The van der Waals surface area contributed by atoms with E-state index in [1.807, 2.05) is 6.07 Å². The third-order valence-corrected chi connectivity index (χ3v) is 5.11. The van der Waals surface area contributed by atoms with Crippen molar-refractivity contribution in [2.45, 2.75) is 11.8 Å². The smallest absolute Gasteiger partial charge is 0.268 e. The molecule has 1 aliphatic rings. The summed E-state index contributed by atoms with van der Waals surface area (Å²) in [6, 6.07) is 15.6. The van der Waals surface area contributed by atoms with E-state index in [2.05, 4.69) is 0 Å². The minimum atomic E-state index is -3.65. The van der Waals surface area contributed by atoms with E-state index in [4.69, 9.17) is 4.74 Å². The first-order valence-corrected chi connectivity index (χ1v) is 8.06. The van der Waals surface area contributed by atoms with Gasteiger partial charge in [-0.1, -0.05) is 36.4 Å². The monoisotopic (exact) mass is 301 g/mol. The quantitative estimate of drug-likeness (QED) is 0.856. The number of rotatable bonds is 2. The molecule has 2 aromatic rings. The number of hydrogen-bond acceptors (Lipinski definition) is 3. The van der Waals surface area contributed by atoms with Gasteiger partial charge in [-0.3, -0.25) is 0 Å². The Morgan fingerprint density at radius 1 is 1.05 bits per heavy atom. The molecule has 108 valence electrons. The van der Waals surface area contributed by atoms with Crippen LogP contribution in [0, 0.1) is 0 Å². The number of fused-ring (bicyclic) bond motifs is 1. The fourth-order valence-corrected chi connectivity index (χ4v) is 3.88. The van der Waals surface area contributed by atoms with Crippen molar-refractivity contribution in [2.75, 3.05) is 10.9 Å². The lowest BCUT2D eigenvalue weighted by Crippen LogP contribution is -2.36. The van der Waals surface area contributed by atoms with Gasteiger partial charge in [-0.15, -0.1) is 0 Å². The molecule has 0 saturated carbocycles. The minimum absolute atomic E-state index is 0.236. The summed E-state index contributed by atoms with van der Waals surface area (Å²) in [5, 5.41) is 0. The van der Waals surface area contributed by atoms with E-state index >= 15 is 0 Å². The second kappa shape index (κ2) is 5.26. The van der Waals surface area contributed by atoms with Gasteiger partial charge >= 0.3 is 0 Å². The van der Waals surface area contributed by atoms with Crippen molar-refractivity contribution in [3.63, 3.8) is 0 Å². The van der Waals surface area contributed by atoms with E-state index in [9.17, 15) is 8.42 Å². The minimum Gasteiger partial charge on any atom is -0.485 e. The fraction of sp³-hybridized carbons (Fsp3) is 0.125. The van der Waals surface area contributed by atoms with Crippen molar-refractivity contribution in [2.24, 2.45) is 0 Å². The highest BCUT2D eigenvalue weighted by molar-refractivity contribution is 7.93. The molecule has 0 spiro atoms. The van der Waals surface area contributed by atoms with Crippen LogP contribution in [-0.4, -0.2) is 15.0 Å². The van der Waals surface area contributed by atoms with Gasteiger partial charge in [0, 0.05) is 0 Å². The Bertz CT molecular complexity index is 782. The van der Waals surface area contributed by atoms with Gasteiger partial charge in [0.25, 0.3) is 10.0 Å². The van der Waals surface area contributed by atoms with Gasteiger partial charge in [0.2, 0.25) is 0 Å². The molecule has 0 N–H and O–H groups in total. The average molecular weight is 301 g/mol. The Morgan fingerprint density at radius 3 is 2.43 bits per heavy atom. The lowest BCUT2D eigenvalue weighted by atomic mass is 10.2. The summed E-state index contributed by atoms with van der Waals surface area (Å²) in [5.41, 5.74) is 1.15. The van der Waals surface area contributed by atoms with E-state index in [0.717, 1.165) is 0 Å². The Labute approximate surface area is 124 Å². The number of ether oxygens (including phenoxy) is 1. The third-order valence-electron chi connectivity index (χ3n) is 3.34. The lowest BCUT2D eigenvalue weighted by molar-refractivity contribution is 0.340. The summed E-state index contributed by atoms with van der Waals surface area (Å²) in [7, 11) is -3.65. The maximum Gasteiger partial charge on any atom is 0.268 e. The highest BCUT2D eigenvalue weighted by Gasteiger charge is 2.32. The topological polar surface area (TPSA) is 46.6 Å². The molecule has 3 rings (SSSR count). The summed E-state index contributed by atoms with van der Waals surface area (Å²) >= 11 is 0. The lowest BCUT2D eigenvalue weighted by Gasteiger charge is -2.32. The zero-order valence-corrected chi connectivity index (χ0v) is 12.4. The largest absolute Gasteiger partial charge is 0.485 e. The molecule has 0 atom stereocenters. The highest BCUT2D eigenvalue weighted by atomic mass is 32.2. The van der Waals surface area contributed by atoms with Gasteiger partial charge in [0.05, 0.1) is 16.3 Å². The van der Waals surface area contributed by atoms with Gasteiger partial charge in [-0.05, 0) is 31.2 Å². The van der Waals surface area contributed by atoms with Crippen LogP contribution in [-0.2, 0) is 10.0 Å². The number of para-hydroxylation sites is 2. The molecule has 5 heteroatoms. The second-order valence-electron chi connectivity index (χ2n) is 4.62. The first kappa shape index (κ1) is 13.7. The standard InChI is InChI=1S/C16H15NO3S/c1-2-13-12-20-16-11-7-6-10-15(16)17(13)21(18,19)14-8-4-3-5-9-14/h2-11H,12H2,1H3/b13-2-. The van der Waals surface area contributed by atoms with Gasteiger partial charge in [-0.25, -0.2) is 12.7 Å². The molecule has 0 aromatic heterocycles. The summed E-state index contributed by atoms with van der Waals surface area (Å²) in [4.78, 5) is 0.265. The second-order valence-corrected chi connectivity index (χ2v) is 6.41. The van der Waals surface area contributed by atoms with E-state index in [0.29, 0.717) is 17.1 Å². The number of hydrogen-bond donors (Lipinski definition) is 0. The number of nitrogens with zero attached hydrogens (tertiary/aromatic N) is 1. The predicted octanol–water partition coefficient (Wildman–Crippen LogP) is 3.18. The van der Waals surface area contributed by atoms with Crippen molar-refractivity contribution in [1.29, 1.82) is 0 Å². The molecule has 2 aromatic carbocycles. The van der Waals surface area contributed by atoms with Crippen LogP contribution in [0.15, 0.2) is 71.3 Å². The molecule has 4 nitrogen and oxygen atoms in total. The van der Waals surface area contributed by atoms with Crippen LogP contribution < -0.4 is 9.04 Å². The van der Waals surface area contributed by atoms with Crippen molar-refractivity contribution in [1.82, 2.24) is 0 Å². The van der Waals surface area contributed by atoms with Crippen LogP contribution >= 0.6 is 0 Å².